The van der Waals surface area contributed by atoms with E-state index in [1.54, 1.807) is 12.3 Å². The van der Waals surface area contributed by atoms with E-state index in [0.29, 0.717) is 16.8 Å². The molecule has 2 aromatic heterocycles. The molecule has 2 heterocycles. The standard InChI is InChI=1S/C22H17NO4/c24-22(26-14-16-8-6-7-13-23-16)21-19(15-25-17-9-2-1-3-10-17)18-11-4-5-12-20(18)27-21/h1-13H,14-15H2. The Morgan fingerprint density at radius 2 is 1.67 bits per heavy atom. The van der Waals surface area contributed by atoms with Crippen molar-refractivity contribution in [1.29, 1.82) is 0 Å². The van der Waals surface area contributed by atoms with Crippen molar-refractivity contribution in [1.82, 2.24) is 4.98 Å². The van der Waals surface area contributed by atoms with Crippen LogP contribution in [-0.2, 0) is 18.0 Å². The van der Waals surface area contributed by atoms with E-state index in [0.717, 1.165) is 11.1 Å². The van der Waals surface area contributed by atoms with Crippen molar-refractivity contribution in [3.8, 4) is 5.75 Å². The van der Waals surface area contributed by atoms with Gasteiger partial charge >= 0.3 is 5.97 Å². The third-order valence-electron chi connectivity index (χ3n) is 4.09. The van der Waals surface area contributed by atoms with Gasteiger partial charge in [-0.2, -0.15) is 0 Å². The number of benzene rings is 2. The predicted octanol–water partition coefficient (Wildman–Crippen LogP) is 4.76. The second-order valence-electron chi connectivity index (χ2n) is 5.90. The molecule has 0 saturated carbocycles. The van der Waals surface area contributed by atoms with Crippen molar-refractivity contribution in [3.05, 3.63) is 96.0 Å². The fraction of sp³-hybridized carbons (Fsp3) is 0.0909. The minimum atomic E-state index is -0.538. The molecule has 0 aliphatic carbocycles. The fourth-order valence-corrected chi connectivity index (χ4v) is 2.77. The zero-order chi connectivity index (χ0) is 18.5. The Morgan fingerprint density at radius 3 is 2.48 bits per heavy atom. The number of para-hydroxylation sites is 2. The monoisotopic (exact) mass is 359 g/mol. The number of furan rings is 1. The number of pyridine rings is 1. The maximum absolute atomic E-state index is 12.6. The highest BCUT2D eigenvalue weighted by Gasteiger charge is 2.22. The maximum atomic E-state index is 12.6. The zero-order valence-corrected chi connectivity index (χ0v) is 14.5. The molecule has 0 N–H and O–H groups in total. The third kappa shape index (κ3) is 3.82. The minimum Gasteiger partial charge on any atom is -0.489 e. The molecule has 2 aromatic carbocycles. The number of fused-ring (bicyclic) bond motifs is 1. The third-order valence-corrected chi connectivity index (χ3v) is 4.09. The van der Waals surface area contributed by atoms with E-state index in [2.05, 4.69) is 4.98 Å². The van der Waals surface area contributed by atoms with Crippen LogP contribution < -0.4 is 4.74 Å². The van der Waals surface area contributed by atoms with E-state index in [1.807, 2.05) is 66.7 Å². The van der Waals surface area contributed by atoms with Crippen LogP contribution in [0.3, 0.4) is 0 Å². The number of carbonyl (C=O) groups excluding carboxylic acids is 1. The van der Waals surface area contributed by atoms with Gasteiger partial charge in [-0.3, -0.25) is 4.98 Å². The SMILES string of the molecule is O=C(OCc1ccccn1)c1oc2ccccc2c1COc1ccccc1. The summed E-state index contributed by atoms with van der Waals surface area (Å²) in [5.41, 5.74) is 1.96. The van der Waals surface area contributed by atoms with Gasteiger partial charge in [-0.25, -0.2) is 4.79 Å². The lowest BCUT2D eigenvalue weighted by Gasteiger charge is -2.07. The first-order valence-electron chi connectivity index (χ1n) is 8.56. The van der Waals surface area contributed by atoms with Crippen LogP contribution in [0.5, 0.6) is 5.75 Å². The number of nitrogens with zero attached hydrogens (tertiary/aromatic N) is 1. The van der Waals surface area contributed by atoms with Gasteiger partial charge in [0, 0.05) is 11.6 Å². The topological polar surface area (TPSA) is 61.6 Å². The van der Waals surface area contributed by atoms with Crippen LogP contribution in [0, 0.1) is 0 Å². The van der Waals surface area contributed by atoms with Crippen molar-refractivity contribution in [2.24, 2.45) is 0 Å². The fourth-order valence-electron chi connectivity index (χ4n) is 2.77. The molecule has 0 unspecified atom stereocenters. The molecule has 0 bridgehead atoms. The van der Waals surface area contributed by atoms with E-state index in [4.69, 9.17) is 13.9 Å². The molecule has 0 fully saturated rings. The van der Waals surface area contributed by atoms with Crippen LogP contribution in [0.2, 0.25) is 0 Å². The smallest absolute Gasteiger partial charge is 0.375 e. The van der Waals surface area contributed by atoms with Gasteiger partial charge in [0.1, 0.15) is 24.5 Å². The van der Waals surface area contributed by atoms with Gasteiger partial charge < -0.3 is 13.9 Å². The highest BCUT2D eigenvalue weighted by atomic mass is 16.5. The number of carbonyl (C=O) groups is 1. The molecule has 0 radical (unpaired) electrons. The molecule has 0 atom stereocenters. The van der Waals surface area contributed by atoms with Gasteiger partial charge in [-0.05, 0) is 30.3 Å². The van der Waals surface area contributed by atoms with Crippen LogP contribution in [0.25, 0.3) is 11.0 Å². The van der Waals surface area contributed by atoms with Crippen LogP contribution in [0.1, 0.15) is 21.8 Å². The van der Waals surface area contributed by atoms with E-state index < -0.39 is 5.97 Å². The van der Waals surface area contributed by atoms with Crippen molar-refractivity contribution < 1.29 is 18.7 Å². The van der Waals surface area contributed by atoms with Crippen molar-refractivity contribution in [2.45, 2.75) is 13.2 Å². The van der Waals surface area contributed by atoms with Crippen LogP contribution >= 0.6 is 0 Å². The van der Waals surface area contributed by atoms with Crippen molar-refractivity contribution >= 4 is 16.9 Å². The number of ether oxygens (including phenoxy) is 2. The second kappa shape index (κ2) is 7.74. The largest absolute Gasteiger partial charge is 0.489 e. The molecule has 4 aromatic rings. The molecule has 27 heavy (non-hydrogen) atoms. The summed E-state index contributed by atoms with van der Waals surface area (Å²) in [6.07, 6.45) is 1.66. The van der Waals surface area contributed by atoms with Crippen LogP contribution in [0.15, 0.2) is 83.4 Å². The Kier molecular flexibility index (Phi) is 4.83. The molecule has 0 aliphatic rings. The van der Waals surface area contributed by atoms with Gasteiger partial charge in [0.15, 0.2) is 0 Å². The first-order chi connectivity index (χ1) is 13.3. The number of hydrogen-bond acceptors (Lipinski definition) is 5. The Balaban J connectivity index is 1.58. The van der Waals surface area contributed by atoms with Crippen molar-refractivity contribution in [2.75, 3.05) is 0 Å². The average molecular weight is 359 g/mol. The van der Waals surface area contributed by atoms with Gasteiger partial charge in [0.2, 0.25) is 5.76 Å². The highest BCUT2D eigenvalue weighted by Crippen LogP contribution is 2.28. The molecule has 5 nitrogen and oxygen atoms in total. The lowest BCUT2D eigenvalue weighted by molar-refractivity contribution is 0.0430. The van der Waals surface area contributed by atoms with E-state index >= 15 is 0 Å². The number of esters is 1. The zero-order valence-electron chi connectivity index (χ0n) is 14.5. The first kappa shape index (κ1) is 16.8. The van der Waals surface area contributed by atoms with Gasteiger partial charge in [0.05, 0.1) is 11.3 Å². The summed E-state index contributed by atoms with van der Waals surface area (Å²) in [6, 6.07) is 22.3. The van der Waals surface area contributed by atoms with Gasteiger partial charge in [0.25, 0.3) is 0 Å². The normalized spacial score (nSPS) is 10.7. The Labute approximate surface area is 156 Å². The summed E-state index contributed by atoms with van der Waals surface area (Å²) in [6.45, 7) is 0.282. The van der Waals surface area contributed by atoms with E-state index in [9.17, 15) is 4.79 Å². The van der Waals surface area contributed by atoms with Crippen LogP contribution in [-0.4, -0.2) is 11.0 Å². The summed E-state index contributed by atoms with van der Waals surface area (Å²) < 4.78 is 17.0. The highest BCUT2D eigenvalue weighted by molar-refractivity contribution is 5.96. The molecular weight excluding hydrogens is 342 g/mol. The lowest BCUT2D eigenvalue weighted by atomic mass is 10.1. The minimum absolute atomic E-state index is 0.0791. The summed E-state index contributed by atoms with van der Waals surface area (Å²) >= 11 is 0. The summed E-state index contributed by atoms with van der Waals surface area (Å²) in [7, 11) is 0. The first-order valence-corrected chi connectivity index (χ1v) is 8.56. The van der Waals surface area contributed by atoms with Gasteiger partial charge in [-0.1, -0.05) is 42.5 Å². The molecule has 0 saturated heterocycles. The lowest BCUT2D eigenvalue weighted by Crippen LogP contribution is -2.09. The average Bonchev–Trinajstić information content (AvgIpc) is 3.11. The molecular formula is C22H17NO4. The number of aromatic nitrogens is 1. The Hall–Kier alpha value is -3.60. The number of hydrogen-bond donors (Lipinski definition) is 0. The molecule has 0 spiro atoms. The second-order valence-corrected chi connectivity index (χ2v) is 5.90. The maximum Gasteiger partial charge on any atom is 0.375 e. The molecule has 134 valence electrons. The summed E-state index contributed by atoms with van der Waals surface area (Å²) in [4.78, 5) is 16.8. The Morgan fingerprint density at radius 1 is 0.889 bits per heavy atom. The van der Waals surface area contributed by atoms with E-state index in [1.165, 1.54) is 0 Å². The summed E-state index contributed by atoms with van der Waals surface area (Å²) in [5, 5.41) is 0.832. The summed E-state index contributed by atoms with van der Waals surface area (Å²) in [5.74, 6) is 0.335. The van der Waals surface area contributed by atoms with Crippen LogP contribution in [0.4, 0.5) is 0 Å². The molecule has 5 heteroatoms. The molecule has 4 rings (SSSR count). The van der Waals surface area contributed by atoms with Gasteiger partial charge in [-0.15, -0.1) is 0 Å². The quantitative estimate of drug-likeness (QED) is 0.464. The molecule has 0 amide bonds. The van der Waals surface area contributed by atoms with Crippen molar-refractivity contribution in [3.63, 3.8) is 0 Å². The predicted molar refractivity (Wildman–Crippen MR) is 100 cm³/mol. The van der Waals surface area contributed by atoms with E-state index in [-0.39, 0.29) is 19.0 Å². The Bertz CT molecular complexity index is 1040. The molecule has 0 aliphatic heterocycles. The number of rotatable bonds is 6.